The maximum atomic E-state index is 13.4. The molecule has 180 valence electrons. The molecule has 0 aliphatic rings. The van der Waals surface area contributed by atoms with Gasteiger partial charge in [-0.1, -0.05) is 74.5 Å². The predicted molar refractivity (Wildman–Crippen MR) is 131 cm³/mol. The highest BCUT2D eigenvalue weighted by molar-refractivity contribution is 7.88. The molecule has 1 atom stereocenters. The highest BCUT2D eigenvalue weighted by atomic mass is 32.2. The number of benzene rings is 2. The summed E-state index contributed by atoms with van der Waals surface area (Å²) in [6.45, 7) is 4.54. The second kappa shape index (κ2) is 12.5. The minimum atomic E-state index is -3.55. The molecule has 0 saturated carbocycles. The van der Waals surface area contributed by atoms with Crippen molar-refractivity contribution in [1.82, 2.24) is 14.5 Å². The van der Waals surface area contributed by atoms with E-state index in [1.54, 1.807) is 0 Å². The lowest BCUT2D eigenvalue weighted by molar-refractivity contribution is -0.141. The van der Waals surface area contributed by atoms with Crippen LogP contribution < -0.4 is 5.32 Å². The van der Waals surface area contributed by atoms with Crippen molar-refractivity contribution in [2.75, 3.05) is 26.4 Å². The lowest BCUT2D eigenvalue weighted by Crippen LogP contribution is -2.53. The van der Waals surface area contributed by atoms with Crippen LogP contribution in [-0.2, 0) is 32.6 Å². The quantitative estimate of drug-likeness (QED) is 0.514. The van der Waals surface area contributed by atoms with Gasteiger partial charge >= 0.3 is 0 Å². The number of nitrogens with one attached hydrogen (secondary N) is 1. The monoisotopic (exact) mass is 473 g/mol. The van der Waals surface area contributed by atoms with Crippen LogP contribution >= 0.6 is 0 Å². The molecule has 7 nitrogen and oxygen atoms in total. The van der Waals surface area contributed by atoms with E-state index in [-0.39, 0.29) is 19.0 Å². The summed E-state index contributed by atoms with van der Waals surface area (Å²) in [6, 6.07) is 18.1. The van der Waals surface area contributed by atoms with E-state index < -0.39 is 22.0 Å². The molecule has 0 aliphatic carbocycles. The number of carbonyl (C=O) groups excluding carboxylic acids is 2. The van der Waals surface area contributed by atoms with E-state index in [1.165, 1.54) is 11.9 Å². The maximum Gasteiger partial charge on any atom is 0.243 e. The molecule has 8 heteroatoms. The molecule has 2 aromatic rings. The Labute approximate surface area is 197 Å². The molecule has 0 heterocycles. The van der Waals surface area contributed by atoms with Crippen molar-refractivity contribution in [3.8, 4) is 0 Å². The van der Waals surface area contributed by atoms with E-state index in [2.05, 4.69) is 19.2 Å². The molecule has 2 amide bonds. The topological polar surface area (TPSA) is 86.8 Å². The zero-order valence-electron chi connectivity index (χ0n) is 19.9. The zero-order chi connectivity index (χ0) is 24.4. The van der Waals surface area contributed by atoms with Crippen molar-refractivity contribution in [3.05, 3.63) is 71.8 Å². The summed E-state index contributed by atoms with van der Waals surface area (Å²) in [7, 11) is -2.18. The first-order chi connectivity index (χ1) is 15.6. The standard InChI is InChI=1S/C25H35N3O4S/c1-20(2)15-16-26-25(30)23(17-21-11-7-5-8-12-21)28(18-22-13-9-6-10-14-22)24(29)19-27(3)33(4,31)32/h5-14,20,23H,15-19H2,1-4H3,(H,26,30)/t23-/m0/s1. The second-order valence-corrected chi connectivity index (χ2v) is 10.8. The van der Waals surface area contributed by atoms with E-state index in [1.807, 2.05) is 60.7 Å². The van der Waals surface area contributed by atoms with Gasteiger partial charge in [-0.3, -0.25) is 9.59 Å². The van der Waals surface area contributed by atoms with Gasteiger partial charge in [0.1, 0.15) is 6.04 Å². The van der Waals surface area contributed by atoms with Crippen LogP contribution in [0.2, 0.25) is 0 Å². The number of sulfonamides is 1. The van der Waals surface area contributed by atoms with Crippen molar-refractivity contribution in [3.63, 3.8) is 0 Å². The average molecular weight is 474 g/mol. The van der Waals surface area contributed by atoms with Crippen LogP contribution in [0, 0.1) is 5.92 Å². The van der Waals surface area contributed by atoms with Gasteiger partial charge in [0.15, 0.2) is 0 Å². The Kier molecular flexibility index (Phi) is 10.1. The maximum absolute atomic E-state index is 13.4. The number of carbonyl (C=O) groups is 2. The van der Waals surface area contributed by atoms with E-state index in [9.17, 15) is 18.0 Å². The van der Waals surface area contributed by atoms with Crippen LogP contribution in [0.25, 0.3) is 0 Å². The van der Waals surface area contributed by atoms with E-state index in [0.29, 0.717) is 18.9 Å². The number of rotatable bonds is 12. The Bertz CT molecular complexity index is 995. The fourth-order valence-electron chi connectivity index (χ4n) is 3.33. The lowest BCUT2D eigenvalue weighted by Gasteiger charge is -2.32. The first-order valence-electron chi connectivity index (χ1n) is 11.1. The Morgan fingerprint density at radius 2 is 1.48 bits per heavy atom. The highest BCUT2D eigenvalue weighted by Gasteiger charge is 2.31. The molecule has 0 bridgehead atoms. The molecule has 0 aromatic heterocycles. The smallest absolute Gasteiger partial charge is 0.243 e. The first kappa shape index (κ1) is 26.5. The van der Waals surface area contributed by atoms with Crippen LogP contribution in [-0.4, -0.2) is 61.9 Å². The molecule has 2 rings (SSSR count). The third kappa shape index (κ3) is 8.98. The van der Waals surface area contributed by atoms with Gasteiger partial charge in [0.2, 0.25) is 21.8 Å². The summed E-state index contributed by atoms with van der Waals surface area (Å²) in [5.41, 5.74) is 1.78. The molecule has 0 saturated heterocycles. The molecule has 0 radical (unpaired) electrons. The zero-order valence-corrected chi connectivity index (χ0v) is 20.7. The largest absolute Gasteiger partial charge is 0.354 e. The van der Waals surface area contributed by atoms with Gasteiger partial charge in [0, 0.05) is 26.6 Å². The number of hydrogen-bond donors (Lipinski definition) is 1. The molecule has 2 aromatic carbocycles. The molecular formula is C25H35N3O4S. The number of likely N-dealkylation sites (N-methyl/N-ethyl adjacent to an activating group) is 1. The average Bonchev–Trinajstić information content (AvgIpc) is 2.76. The predicted octanol–water partition coefficient (Wildman–Crippen LogP) is 2.68. The third-order valence-electron chi connectivity index (χ3n) is 5.41. The summed E-state index contributed by atoms with van der Waals surface area (Å²) >= 11 is 0. The van der Waals surface area contributed by atoms with Gasteiger partial charge in [-0.2, -0.15) is 4.31 Å². The minimum absolute atomic E-state index is 0.201. The summed E-state index contributed by atoms with van der Waals surface area (Å²) in [5, 5.41) is 2.97. The van der Waals surface area contributed by atoms with Gasteiger partial charge in [-0.15, -0.1) is 0 Å². The molecular weight excluding hydrogens is 438 g/mol. The normalized spacial score (nSPS) is 12.5. The summed E-state index contributed by atoms with van der Waals surface area (Å²) in [4.78, 5) is 28.2. The fraction of sp³-hybridized carbons (Fsp3) is 0.440. The van der Waals surface area contributed by atoms with Gasteiger partial charge in [-0.05, 0) is 23.5 Å². The number of amides is 2. The van der Waals surface area contributed by atoms with Gasteiger partial charge in [0.25, 0.3) is 0 Å². The van der Waals surface area contributed by atoms with Crippen LogP contribution in [0.5, 0.6) is 0 Å². The molecule has 0 fully saturated rings. The van der Waals surface area contributed by atoms with Gasteiger partial charge in [-0.25, -0.2) is 8.42 Å². The number of hydrogen-bond acceptors (Lipinski definition) is 4. The molecule has 33 heavy (non-hydrogen) atoms. The fourth-order valence-corrected chi connectivity index (χ4v) is 3.68. The van der Waals surface area contributed by atoms with Crippen molar-refractivity contribution < 1.29 is 18.0 Å². The Balaban J connectivity index is 2.38. The van der Waals surface area contributed by atoms with Crippen molar-refractivity contribution in [2.24, 2.45) is 5.92 Å². The molecule has 0 spiro atoms. The van der Waals surface area contributed by atoms with Crippen molar-refractivity contribution in [1.29, 1.82) is 0 Å². The van der Waals surface area contributed by atoms with Crippen molar-refractivity contribution in [2.45, 2.75) is 39.3 Å². The van der Waals surface area contributed by atoms with E-state index >= 15 is 0 Å². The second-order valence-electron chi connectivity index (χ2n) is 8.71. The molecule has 1 N–H and O–H groups in total. The van der Waals surface area contributed by atoms with E-state index in [4.69, 9.17) is 0 Å². The van der Waals surface area contributed by atoms with Crippen LogP contribution in [0.1, 0.15) is 31.4 Å². The Morgan fingerprint density at radius 3 is 2.00 bits per heavy atom. The summed E-state index contributed by atoms with van der Waals surface area (Å²) < 4.78 is 24.9. The number of nitrogens with zero attached hydrogens (tertiary/aromatic N) is 2. The lowest BCUT2D eigenvalue weighted by atomic mass is 10.0. The molecule has 0 unspecified atom stereocenters. The van der Waals surface area contributed by atoms with Crippen molar-refractivity contribution >= 4 is 21.8 Å². The molecule has 0 aliphatic heterocycles. The summed E-state index contributed by atoms with van der Waals surface area (Å²) in [6.07, 6.45) is 2.21. The van der Waals surface area contributed by atoms with Crippen LogP contribution in [0.3, 0.4) is 0 Å². The van der Waals surface area contributed by atoms with Crippen LogP contribution in [0.4, 0.5) is 0 Å². The van der Waals surface area contributed by atoms with E-state index in [0.717, 1.165) is 28.1 Å². The van der Waals surface area contributed by atoms with Crippen LogP contribution in [0.15, 0.2) is 60.7 Å². The Morgan fingerprint density at radius 1 is 0.939 bits per heavy atom. The van der Waals surface area contributed by atoms with Gasteiger partial charge in [0.05, 0.1) is 12.8 Å². The third-order valence-corrected chi connectivity index (χ3v) is 6.67. The highest BCUT2D eigenvalue weighted by Crippen LogP contribution is 2.15. The minimum Gasteiger partial charge on any atom is -0.354 e. The SMILES string of the molecule is CC(C)CCNC(=O)[C@H](Cc1ccccc1)N(Cc1ccccc1)C(=O)CN(C)S(C)(=O)=O. The van der Waals surface area contributed by atoms with Gasteiger partial charge < -0.3 is 10.2 Å². The Hall–Kier alpha value is -2.71. The first-order valence-corrected chi connectivity index (χ1v) is 13.0. The summed E-state index contributed by atoms with van der Waals surface area (Å²) in [5.74, 6) is -0.235.